The molecule has 0 fully saturated rings. The first-order chi connectivity index (χ1) is 19.6. The van der Waals surface area contributed by atoms with Crippen molar-refractivity contribution < 1.29 is 39.5 Å². The number of nitrogens with zero attached hydrogens (tertiary/aromatic N) is 3. The van der Waals surface area contributed by atoms with Crippen LogP contribution < -0.4 is 0 Å². The van der Waals surface area contributed by atoms with Crippen LogP contribution >= 0.6 is 0 Å². The smallest absolute Gasteiger partial charge is 0.192 e. The van der Waals surface area contributed by atoms with Crippen LogP contribution in [0.3, 0.4) is 0 Å². The van der Waals surface area contributed by atoms with Gasteiger partial charge in [0.2, 0.25) is 0 Å². The number of hydrogen-bond acceptors (Lipinski definition) is 3. The van der Waals surface area contributed by atoms with E-state index in [1.165, 1.54) is 0 Å². The lowest BCUT2D eigenvalue weighted by Gasteiger charge is -2.21. The van der Waals surface area contributed by atoms with Gasteiger partial charge in [-0.3, -0.25) is 0 Å². The number of nitriles is 3. The van der Waals surface area contributed by atoms with Gasteiger partial charge in [0.15, 0.2) is 0 Å². The highest BCUT2D eigenvalue weighted by Gasteiger charge is 2.35. The molecule has 0 spiro atoms. The zero-order valence-corrected chi connectivity index (χ0v) is 20.7. The van der Waals surface area contributed by atoms with Crippen molar-refractivity contribution in [2.75, 3.05) is 0 Å². The Hall–Kier alpha value is -5.28. The summed E-state index contributed by atoms with van der Waals surface area (Å²) in [6.45, 7) is 0. The van der Waals surface area contributed by atoms with E-state index in [4.69, 9.17) is 0 Å². The second-order valence-electron chi connectivity index (χ2n) is 8.82. The van der Waals surface area contributed by atoms with E-state index in [0.717, 1.165) is 36.4 Å². The molecular formula is C30H12F9N3. The van der Waals surface area contributed by atoms with Crippen molar-refractivity contribution in [3.05, 3.63) is 106 Å². The van der Waals surface area contributed by atoms with E-state index in [0.29, 0.717) is 36.4 Å². The molecule has 0 saturated carbocycles. The summed E-state index contributed by atoms with van der Waals surface area (Å²) in [6.07, 6.45) is -14.6. The molecule has 0 aliphatic rings. The standard InChI is InChI=1S/C30H12F9N3/c31-28(32,33)19-7-1-4-16(10-19)25-22(13-40)26(17-5-2-8-20(11-17)29(34,35)36)24(15-42)27(23(25)14-41)18-6-3-9-21(12-18)30(37,38)39/h1-12H. The third-order valence-electron chi connectivity index (χ3n) is 6.27. The Morgan fingerprint density at radius 1 is 0.405 bits per heavy atom. The van der Waals surface area contributed by atoms with Gasteiger partial charge >= 0.3 is 18.5 Å². The molecule has 42 heavy (non-hydrogen) atoms. The van der Waals surface area contributed by atoms with Crippen LogP contribution in [0, 0.1) is 34.0 Å². The topological polar surface area (TPSA) is 71.4 Å². The molecular weight excluding hydrogens is 573 g/mol. The van der Waals surface area contributed by atoms with Crippen LogP contribution in [-0.2, 0) is 18.5 Å². The first-order valence-corrected chi connectivity index (χ1v) is 11.6. The summed E-state index contributed by atoms with van der Waals surface area (Å²) >= 11 is 0. The lowest BCUT2D eigenvalue weighted by molar-refractivity contribution is -0.138. The third-order valence-corrected chi connectivity index (χ3v) is 6.27. The van der Waals surface area contributed by atoms with Crippen LogP contribution in [0.2, 0.25) is 0 Å². The summed E-state index contributed by atoms with van der Waals surface area (Å²) in [7, 11) is 0. The maximum atomic E-state index is 13.6. The molecule has 0 aliphatic carbocycles. The Balaban J connectivity index is 2.27. The quantitative estimate of drug-likeness (QED) is 0.225. The van der Waals surface area contributed by atoms with Gasteiger partial charge < -0.3 is 0 Å². The SMILES string of the molecule is N#Cc1c(-c2cccc(C(F)(F)F)c2)c(C#N)c(-c2cccc(C(F)(F)F)c2)c(C#N)c1-c1cccc(C(F)(F)F)c1. The summed E-state index contributed by atoms with van der Waals surface area (Å²) in [6, 6.07) is 15.2. The van der Waals surface area contributed by atoms with E-state index >= 15 is 0 Å². The zero-order valence-electron chi connectivity index (χ0n) is 20.7. The molecule has 0 aliphatic heterocycles. The van der Waals surface area contributed by atoms with Gasteiger partial charge in [-0.2, -0.15) is 55.3 Å². The Morgan fingerprint density at radius 3 is 0.833 bits per heavy atom. The molecule has 0 amide bonds. The Kier molecular flexibility index (Phi) is 7.50. The average molecular weight is 585 g/mol. The van der Waals surface area contributed by atoms with E-state index in [9.17, 15) is 55.3 Å². The summed E-state index contributed by atoms with van der Waals surface area (Å²) < 4.78 is 122. The third kappa shape index (κ3) is 5.50. The maximum absolute atomic E-state index is 13.6. The number of benzene rings is 4. The summed E-state index contributed by atoms with van der Waals surface area (Å²) in [5.74, 6) is 0. The molecule has 0 bridgehead atoms. The second-order valence-corrected chi connectivity index (χ2v) is 8.82. The van der Waals surface area contributed by atoms with Crippen molar-refractivity contribution >= 4 is 0 Å². The average Bonchev–Trinajstić information content (AvgIpc) is 2.94. The highest BCUT2D eigenvalue weighted by molar-refractivity contribution is 5.97. The van der Waals surface area contributed by atoms with E-state index < -0.39 is 68.6 Å². The lowest BCUT2D eigenvalue weighted by atomic mass is 9.79. The summed E-state index contributed by atoms with van der Waals surface area (Å²) in [5.41, 5.74) is -8.03. The van der Waals surface area contributed by atoms with Gasteiger partial charge in [0.05, 0.1) is 33.4 Å². The van der Waals surface area contributed by atoms with Gasteiger partial charge in [-0.1, -0.05) is 36.4 Å². The number of rotatable bonds is 3. The molecule has 4 aromatic rings. The van der Waals surface area contributed by atoms with Crippen molar-refractivity contribution in [1.82, 2.24) is 0 Å². The van der Waals surface area contributed by atoms with Gasteiger partial charge in [0.1, 0.15) is 18.2 Å². The fourth-order valence-corrected chi connectivity index (χ4v) is 4.50. The molecule has 0 saturated heterocycles. The predicted molar refractivity (Wildman–Crippen MR) is 132 cm³/mol. The van der Waals surface area contributed by atoms with Crippen LogP contribution in [0.1, 0.15) is 33.4 Å². The van der Waals surface area contributed by atoms with Gasteiger partial charge in [-0.05, 0) is 53.1 Å². The highest BCUT2D eigenvalue weighted by atomic mass is 19.4. The van der Waals surface area contributed by atoms with Crippen molar-refractivity contribution in [2.24, 2.45) is 0 Å². The van der Waals surface area contributed by atoms with Crippen LogP contribution in [-0.4, -0.2) is 0 Å². The van der Waals surface area contributed by atoms with Crippen molar-refractivity contribution in [2.45, 2.75) is 18.5 Å². The van der Waals surface area contributed by atoms with E-state index in [1.54, 1.807) is 18.2 Å². The van der Waals surface area contributed by atoms with E-state index in [-0.39, 0.29) is 16.7 Å². The molecule has 0 atom stereocenters. The minimum Gasteiger partial charge on any atom is -0.192 e. The molecule has 3 nitrogen and oxygen atoms in total. The van der Waals surface area contributed by atoms with Crippen LogP contribution in [0.25, 0.3) is 33.4 Å². The Morgan fingerprint density at radius 2 is 0.643 bits per heavy atom. The fourth-order valence-electron chi connectivity index (χ4n) is 4.50. The molecule has 12 heteroatoms. The molecule has 0 N–H and O–H groups in total. The molecule has 0 unspecified atom stereocenters. The lowest BCUT2D eigenvalue weighted by Crippen LogP contribution is -2.08. The predicted octanol–water partition coefficient (Wildman–Crippen LogP) is 9.36. The number of hydrogen-bond donors (Lipinski definition) is 0. The normalized spacial score (nSPS) is 11.9. The molecule has 210 valence electrons. The Bertz CT molecular complexity index is 1590. The first kappa shape index (κ1) is 29.7. The monoisotopic (exact) mass is 585 g/mol. The van der Waals surface area contributed by atoms with Crippen LogP contribution in [0.15, 0.2) is 72.8 Å². The maximum Gasteiger partial charge on any atom is 0.416 e. The molecule has 4 rings (SSSR count). The summed E-state index contributed by atoms with van der Waals surface area (Å²) in [4.78, 5) is 0. The second kappa shape index (κ2) is 10.6. The highest BCUT2D eigenvalue weighted by Crippen LogP contribution is 2.46. The first-order valence-electron chi connectivity index (χ1n) is 11.6. The molecule has 0 heterocycles. The van der Waals surface area contributed by atoms with Gasteiger partial charge in [0, 0.05) is 16.7 Å². The van der Waals surface area contributed by atoms with Crippen LogP contribution in [0.5, 0.6) is 0 Å². The largest absolute Gasteiger partial charge is 0.416 e. The van der Waals surface area contributed by atoms with Gasteiger partial charge in [0.25, 0.3) is 0 Å². The minimum atomic E-state index is -4.88. The van der Waals surface area contributed by atoms with Gasteiger partial charge in [-0.25, -0.2) is 0 Å². The molecule has 0 aromatic heterocycles. The van der Waals surface area contributed by atoms with Crippen molar-refractivity contribution in [3.63, 3.8) is 0 Å². The number of alkyl halides is 9. The Labute approximate surface area is 231 Å². The molecule has 4 aromatic carbocycles. The summed E-state index contributed by atoms with van der Waals surface area (Å²) in [5, 5.41) is 30.5. The minimum absolute atomic E-state index is 0.371. The van der Waals surface area contributed by atoms with Crippen molar-refractivity contribution in [3.8, 4) is 51.6 Å². The van der Waals surface area contributed by atoms with E-state index in [1.807, 2.05) is 0 Å². The van der Waals surface area contributed by atoms with Crippen molar-refractivity contribution in [1.29, 1.82) is 15.8 Å². The zero-order chi connectivity index (χ0) is 31.0. The van der Waals surface area contributed by atoms with Crippen LogP contribution in [0.4, 0.5) is 39.5 Å². The molecule has 0 radical (unpaired) electrons. The van der Waals surface area contributed by atoms with E-state index in [2.05, 4.69) is 0 Å². The fraction of sp³-hybridized carbons (Fsp3) is 0.100. The van der Waals surface area contributed by atoms with Gasteiger partial charge in [-0.15, -0.1) is 0 Å². The number of halogens is 9.